The Morgan fingerprint density at radius 1 is 1.27 bits per heavy atom. The lowest BCUT2D eigenvalue weighted by atomic mass is 9.94. The van der Waals surface area contributed by atoms with Gasteiger partial charge in [-0.05, 0) is 19.3 Å². The van der Waals surface area contributed by atoms with E-state index < -0.39 is 0 Å². The Morgan fingerprint density at radius 3 is 2.68 bits per heavy atom. The van der Waals surface area contributed by atoms with Gasteiger partial charge in [-0.3, -0.25) is 19.3 Å². The Morgan fingerprint density at radius 2 is 2.00 bits per heavy atom. The van der Waals surface area contributed by atoms with Gasteiger partial charge >= 0.3 is 5.97 Å². The highest BCUT2D eigenvalue weighted by Crippen LogP contribution is 2.29. The van der Waals surface area contributed by atoms with Gasteiger partial charge in [0.15, 0.2) is 0 Å². The predicted molar refractivity (Wildman–Crippen MR) is 81.9 cm³/mol. The van der Waals surface area contributed by atoms with Crippen molar-refractivity contribution in [2.45, 2.75) is 70.8 Å². The number of nitrogens with zero attached hydrogens (tertiary/aromatic N) is 1. The first kappa shape index (κ1) is 16.7. The van der Waals surface area contributed by atoms with Crippen LogP contribution in [0.4, 0.5) is 0 Å². The van der Waals surface area contributed by atoms with Gasteiger partial charge < -0.3 is 4.74 Å². The lowest BCUT2D eigenvalue weighted by molar-refractivity contribution is -0.143. The van der Waals surface area contributed by atoms with E-state index in [0.717, 1.165) is 38.5 Å². The minimum absolute atomic E-state index is 0.0520. The zero-order valence-corrected chi connectivity index (χ0v) is 13.3. The molecule has 0 unspecified atom stereocenters. The number of hydrogen-bond acceptors (Lipinski definition) is 4. The highest BCUT2D eigenvalue weighted by Gasteiger charge is 2.38. The maximum absolute atomic E-state index is 12.4. The predicted octanol–water partition coefficient (Wildman–Crippen LogP) is 2.74. The largest absolute Gasteiger partial charge is 0.465 e. The molecular weight excluding hydrogens is 282 g/mol. The van der Waals surface area contributed by atoms with Crippen LogP contribution in [-0.2, 0) is 19.1 Å². The summed E-state index contributed by atoms with van der Waals surface area (Å²) in [5, 5.41) is 0. The highest BCUT2D eigenvalue weighted by molar-refractivity contribution is 6.13. The van der Waals surface area contributed by atoms with Crippen molar-refractivity contribution in [1.29, 1.82) is 0 Å². The molecule has 1 aliphatic heterocycles. The zero-order chi connectivity index (χ0) is 15.9. The fraction of sp³-hybridized carbons (Fsp3) is 0.706. The minimum atomic E-state index is -0.336. The molecule has 22 heavy (non-hydrogen) atoms. The van der Waals surface area contributed by atoms with Gasteiger partial charge in [-0.2, -0.15) is 0 Å². The highest BCUT2D eigenvalue weighted by atomic mass is 16.5. The Bertz CT molecular complexity index is 463. The molecule has 1 saturated carbocycles. The number of carbonyl (C=O) groups excluding carboxylic acids is 3. The second-order valence-corrected chi connectivity index (χ2v) is 6.05. The quantitative estimate of drug-likeness (QED) is 0.327. The van der Waals surface area contributed by atoms with Crippen molar-refractivity contribution < 1.29 is 19.1 Å². The summed E-state index contributed by atoms with van der Waals surface area (Å²) in [6.45, 7) is 2.44. The molecular formula is C17H25NO4. The van der Waals surface area contributed by atoms with Crippen LogP contribution in [-0.4, -0.2) is 35.3 Å². The van der Waals surface area contributed by atoms with Crippen LogP contribution < -0.4 is 0 Å². The van der Waals surface area contributed by atoms with E-state index in [0.29, 0.717) is 12.2 Å². The van der Waals surface area contributed by atoms with Crippen LogP contribution in [0.3, 0.4) is 0 Å². The summed E-state index contributed by atoms with van der Waals surface area (Å²) in [6.07, 6.45) is 8.71. The Kier molecular flexibility index (Phi) is 6.16. The van der Waals surface area contributed by atoms with Crippen LogP contribution in [0.1, 0.15) is 64.7 Å². The average Bonchev–Trinajstić information content (AvgIpc) is 2.80. The number of rotatable bonds is 6. The van der Waals surface area contributed by atoms with Crippen molar-refractivity contribution in [3.05, 3.63) is 11.6 Å². The lowest BCUT2D eigenvalue weighted by Crippen LogP contribution is -2.40. The molecule has 0 spiro atoms. The topological polar surface area (TPSA) is 63.7 Å². The molecule has 1 saturated heterocycles. The van der Waals surface area contributed by atoms with Crippen LogP contribution in [0.15, 0.2) is 11.6 Å². The molecule has 0 aromatic rings. The average molecular weight is 307 g/mol. The summed E-state index contributed by atoms with van der Waals surface area (Å²) in [5.41, 5.74) is 0.447. The van der Waals surface area contributed by atoms with Crippen molar-refractivity contribution in [3.63, 3.8) is 0 Å². The molecule has 0 bridgehead atoms. The number of unbranched alkanes of at least 4 members (excludes halogenated alkanes) is 1. The van der Waals surface area contributed by atoms with Gasteiger partial charge in [0, 0.05) is 11.6 Å². The molecule has 2 rings (SSSR count). The number of carbonyl (C=O) groups is 3. The fourth-order valence-corrected chi connectivity index (χ4v) is 3.06. The minimum Gasteiger partial charge on any atom is -0.465 e. The van der Waals surface area contributed by atoms with Gasteiger partial charge in [-0.25, -0.2) is 0 Å². The summed E-state index contributed by atoms with van der Waals surface area (Å²) < 4.78 is 5.05. The molecule has 0 aromatic carbocycles. The van der Waals surface area contributed by atoms with E-state index >= 15 is 0 Å². The molecule has 0 aromatic heterocycles. The second-order valence-electron chi connectivity index (χ2n) is 6.05. The van der Waals surface area contributed by atoms with E-state index in [1.54, 1.807) is 6.08 Å². The van der Waals surface area contributed by atoms with Crippen LogP contribution >= 0.6 is 0 Å². The first-order valence-corrected chi connectivity index (χ1v) is 8.34. The molecule has 122 valence electrons. The molecule has 2 fully saturated rings. The van der Waals surface area contributed by atoms with Crippen molar-refractivity contribution >= 4 is 17.8 Å². The molecule has 0 radical (unpaired) electrons. The van der Waals surface area contributed by atoms with Crippen molar-refractivity contribution in [1.82, 2.24) is 4.90 Å². The third kappa shape index (κ3) is 4.18. The summed E-state index contributed by atoms with van der Waals surface area (Å²) in [6, 6.07) is 0.0520. The van der Waals surface area contributed by atoms with Gasteiger partial charge in [0.25, 0.3) is 5.91 Å². The van der Waals surface area contributed by atoms with Crippen molar-refractivity contribution in [2.75, 3.05) is 6.61 Å². The van der Waals surface area contributed by atoms with E-state index in [1.807, 2.05) is 6.92 Å². The van der Waals surface area contributed by atoms with Crippen LogP contribution in [0.2, 0.25) is 0 Å². The first-order chi connectivity index (χ1) is 10.6. The normalized spacial score (nSPS) is 21.7. The lowest BCUT2D eigenvalue weighted by Gasteiger charge is -2.29. The van der Waals surface area contributed by atoms with Gasteiger partial charge in [0.2, 0.25) is 5.91 Å². The SMILES string of the molecule is CCCCOC(=O)C/C=C1\CC(=O)N(C2CCCCC2)C1=O. The van der Waals surface area contributed by atoms with E-state index in [4.69, 9.17) is 4.74 Å². The van der Waals surface area contributed by atoms with Gasteiger partial charge in [-0.1, -0.05) is 38.7 Å². The Hall–Kier alpha value is -1.65. The summed E-state index contributed by atoms with van der Waals surface area (Å²) >= 11 is 0. The number of esters is 1. The fourth-order valence-electron chi connectivity index (χ4n) is 3.06. The maximum Gasteiger partial charge on any atom is 0.309 e. The maximum atomic E-state index is 12.4. The molecule has 1 heterocycles. The number of hydrogen-bond donors (Lipinski definition) is 0. The zero-order valence-electron chi connectivity index (χ0n) is 13.3. The number of amides is 2. The van der Waals surface area contributed by atoms with E-state index in [1.165, 1.54) is 11.3 Å². The standard InChI is InChI=1S/C17H25NO4/c1-2-3-11-22-16(20)10-9-13-12-15(19)18(17(13)21)14-7-5-4-6-8-14/h9,14H,2-8,10-12H2,1H3/b13-9+. The van der Waals surface area contributed by atoms with Gasteiger partial charge in [0.1, 0.15) is 0 Å². The Balaban J connectivity index is 1.90. The van der Waals surface area contributed by atoms with Crippen LogP contribution in [0.5, 0.6) is 0 Å². The molecule has 5 nitrogen and oxygen atoms in total. The molecule has 2 aliphatic rings. The third-order valence-electron chi connectivity index (χ3n) is 4.32. The monoisotopic (exact) mass is 307 g/mol. The molecule has 0 atom stereocenters. The molecule has 0 N–H and O–H groups in total. The number of likely N-dealkylation sites (tertiary alicyclic amines) is 1. The van der Waals surface area contributed by atoms with E-state index in [2.05, 4.69) is 0 Å². The first-order valence-electron chi connectivity index (χ1n) is 8.34. The van der Waals surface area contributed by atoms with Crippen LogP contribution in [0.25, 0.3) is 0 Å². The smallest absolute Gasteiger partial charge is 0.309 e. The molecule has 1 aliphatic carbocycles. The molecule has 5 heteroatoms. The number of imide groups is 1. The Labute approximate surface area is 131 Å². The van der Waals surface area contributed by atoms with Crippen LogP contribution in [0, 0.1) is 0 Å². The number of ether oxygens (including phenoxy) is 1. The van der Waals surface area contributed by atoms with Gasteiger partial charge in [0.05, 0.1) is 19.4 Å². The summed E-state index contributed by atoms with van der Waals surface area (Å²) in [7, 11) is 0. The van der Waals surface area contributed by atoms with E-state index in [9.17, 15) is 14.4 Å². The van der Waals surface area contributed by atoms with Crippen molar-refractivity contribution in [2.24, 2.45) is 0 Å². The van der Waals surface area contributed by atoms with Gasteiger partial charge in [-0.15, -0.1) is 0 Å². The summed E-state index contributed by atoms with van der Waals surface area (Å²) in [5.74, 6) is -0.668. The summed E-state index contributed by atoms with van der Waals surface area (Å²) in [4.78, 5) is 37.5. The second kappa shape index (κ2) is 8.11. The van der Waals surface area contributed by atoms with Crippen molar-refractivity contribution in [3.8, 4) is 0 Å². The molecule has 2 amide bonds. The van der Waals surface area contributed by atoms with E-state index in [-0.39, 0.29) is 36.7 Å². The third-order valence-corrected chi connectivity index (χ3v) is 4.32.